The molecule has 1 saturated heterocycles. The molecule has 1 atom stereocenters. The third kappa shape index (κ3) is 3.62. The van der Waals surface area contributed by atoms with Crippen LogP contribution < -0.4 is 9.64 Å². The molecule has 1 aromatic rings. The summed E-state index contributed by atoms with van der Waals surface area (Å²) in [7, 11) is 1.63. The van der Waals surface area contributed by atoms with Gasteiger partial charge in [-0.05, 0) is 46.5 Å². The first-order valence-corrected chi connectivity index (χ1v) is 8.02. The van der Waals surface area contributed by atoms with E-state index in [0.29, 0.717) is 11.3 Å². The summed E-state index contributed by atoms with van der Waals surface area (Å²) in [5.41, 5.74) is 0.383. The minimum absolute atomic E-state index is 0.383. The molecule has 0 bridgehead atoms. The smallest absolute Gasteiger partial charge is 0.232 e. The predicted molar refractivity (Wildman–Crippen MR) is 85.3 cm³/mol. The molecule has 0 aliphatic carbocycles. The van der Waals surface area contributed by atoms with Gasteiger partial charge >= 0.3 is 0 Å². The number of halogens is 1. The first-order chi connectivity index (χ1) is 9.41. The molecule has 0 N–H and O–H groups in total. The van der Waals surface area contributed by atoms with Crippen LogP contribution in [0.3, 0.4) is 0 Å². The zero-order valence-electron chi connectivity index (χ0n) is 12.8. The second kappa shape index (κ2) is 6.29. The summed E-state index contributed by atoms with van der Waals surface area (Å²) in [6.07, 6.45) is 5.45. The second-order valence-electron chi connectivity index (χ2n) is 6.51. The lowest BCUT2D eigenvalue weighted by molar-refractivity contribution is 0.220. The molecule has 20 heavy (non-hydrogen) atoms. The van der Waals surface area contributed by atoms with Crippen molar-refractivity contribution in [3.05, 3.63) is 10.7 Å². The Bertz CT molecular complexity index is 459. The first kappa shape index (κ1) is 15.5. The fourth-order valence-electron chi connectivity index (χ4n) is 2.80. The first-order valence-electron chi connectivity index (χ1n) is 7.23. The Morgan fingerprint density at radius 3 is 2.70 bits per heavy atom. The van der Waals surface area contributed by atoms with Gasteiger partial charge in [0.1, 0.15) is 0 Å². The number of nitrogens with zero attached hydrogens (tertiary/aromatic N) is 3. The van der Waals surface area contributed by atoms with Gasteiger partial charge in [0, 0.05) is 13.1 Å². The Balaban J connectivity index is 2.11. The number of aromatic nitrogens is 2. The molecule has 2 heterocycles. The largest absolute Gasteiger partial charge is 0.480 e. The summed E-state index contributed by atoms with van der Waals surface area (Å²) in [5.74, 6) is 2.15. The molecule has 1 unspecified atom stereocenters. The van der Waals surface area contributed by atoms with E-state index in [-0.39, 0.29) is 0 Å². The normalized spacial score (nSPS) is 20.6. The van der Waals surface area contributed by atoms with Crippen LogP contribution in [-0.4, -0.2) is 30.2 Å². The Kier molecular flexibility index (Phi) is 4.89. The Hall–Kier alpha value is -0.840. The topological polar surface area (TPSA) is 38.2 Å². The van der Waals surface area contributed by atoms with Crippen LogP contribution in [0.15, 0.2) is 10.7 Å². The number of hydrogen-bond acceptors (Lipinski definition) is 4. The predicted octanol–water partition coefficient (Wildman–Crippen LogP) is 3.90. The van der Waals surface area contributed by atoms with Crippen molar-refractivity contribution in [3.63, 3.8) is 0 Å². The van der Waals surface area contributed by atoms with Crippen molar-refractivity contribution in [2.24, 2.45) is 11.3 Å². The van der Waals surface area contributed by atoms with Crippen LogP contribution in [-0.2, 0) is 0 Å². The van der Waals surface area contributed by atoms with Crippen LogP contribution in [0.1, 0.15) is 40.0 Å². The average molecular weight is 342 g/mol. The van der Waals surface area contributed by atoms with E-state index in [1.54, 1.807) is 13.3 Å². The Morgan fingerprint density at radius 1 is 1.30 bits per heavy atom. The van der Waals surface area contributed by atoms with Gasteiger partial charge in [-0.15, -0.1) is 0 Å². The van der Waals surface area contributed by atoms with Gasteiger partial charge in [-0.2, -0.15) is 4.98 Å². The summed E-state index contributed by atoms with van der Waals surface area (Å²) >= 11 is 3.40. The van der Waals surface area contributed by atoms with Crippen molar-refractivity contribution in [1.29, 1.82) is 0 Å². The molecule has 1 aliphatic heterocycles. The number of rotatable bonds is 2. The van der Waals surface area contributed by atoms with E-state index in [2.05, 4.69) is 51.6 Å². The third-order valence-electron chi connectivity index (χ3n) is 4.13. The van der Waals surface area contributed by atoms with Crippen LogP contribution in [0.4, 0.5) is 5.95 Å². The minimum Gasteiger partial charge on any atom is -0.480 e. The summed E-state index contributed by atoms with van der Waals surface area (Å²) in [5, 5.41) is 0. The van der Waals surface area contributed by atoms with E-state index in [4.69, 9.17) is 4.74 Å². The molecule has 112 valence electrons. The zero-order valence-corrected chi connectivity index (χ0v) is 14.4. The van der Waals surface area contributed by atoms with Crippen LogP contribution in [0.5, 0.6) is 5.88 Å². The molecule has 1 aromatic heterocycles. The number of hydrogen-bond donors (Lipinski definition) is 0. The van der Waals surface area contributed by atoms with Crippen molar-refractivity contribution < 1.29 is 4.74 Å². The molecule has 5 heteroatoms. The summed E-state index contributed by atoms with van der Waals surface area (Å²) in [6.45, 7) is 9.07. The Morgan fingerprint density at radius 2 is 2.05 bits per heavy atom. The van der Waals surface area contributed by atoms with Gasteiger partial charge in [-0.1, -0.05) is 20.8 Å². The van der Waals surface area contributed by atoms with Gasteiger partial charge in [-0.25, -0.2) is 4.98 Å². The molecule has 0 amide bonds. The highest BCUT2D eigenvalue weighted by atomic mass is 79.9. The van der Waals surface area contributed by atoms with Crippen LogP contribution in [0.2, 0.25) is 0 Å². The third-order valence-corrected chi connectivity index (χ3v) is 4.67. The molecular weight excluding hydrogens is 318 g/mol. The molecule has 0 aromatic carbocycles. The minimum atomic E-state index is 0.383. The molecule has 0 spiro atoms. The van der Waals surface area contributed by atoms with Gasteiger partial charge in [0.25, 0.3) is 0 Å². The van der Waals surface area contributed by atoms with Gasteiger partial charge in [-0.3, -0.25) is 0 Å². The van der Waals surface area contributed by atoms with Crippen molar-refractivity contribution in [2.75, 3.05) is 25.1 Å². The van der Waals surface area contributed by atoms with E-state index in [0.717, 1.165) is 29.4 Å². The molecule has 4 nitrogen and oxygen atoms in total. The summed E-state index contributed by atoms with van der Waals surface area (Å²) in [4.78, 5) is 11.2. The quantitative estimate of drug-likeness (QED) is 0.817. The van der Waals surface area contributed by atoms with Crippen molar-refractivity contribution in [3.8, 4) is 5.88 Å². The number of anilines is 1. The second-order valence-corrected chi connectivity index (χ2v) is 7.36. The highest BCUT2D eigenvalue weighted by Gasteiger charge is 2.27. The van der Waals surface area contributed by atoms with E-state index in [9.17, 15) is 0 Å². The highest BCUT2D eigenvalue weighted by Crippen LogP contribution is 2.35. The SMILES string of the molecule is COc1nc(N2CCCC(C(C)(C)C)CC2)ncc1Br. The van der Waals surface area contributed by atoms with Gasteiger partial charge in [0.15, 0.2) is 0 Å². The highest BCUT2D eigenvalue weighted by molar-refractivity contribution is 9.10. The molecule has 0 radical (unpaired) electrons. The van der Waals surface area contributed by atoms with Crippen LogP contribution in [0, 0.1) is 11.3 Å². The van der Waals surface area contributed by atoms with E-state index in [1.165, 1.54) is 19.3 Å². The van der Waals surface area contributed by atoms with Crippen LogP contribution >= 0.6 is 15.9 Å². The zero-order chi connectivity index (χ0) is 14.8. The summed E-state index contributed by atoms with van der Waals surface area (Å²) < 4.78 is 6.06. The van der Waals surface area contributed by atoms with Crippen molar-refractivity contribution in [1.82, 2.24) is 9.97 Å². The molecular formula is C15H24BrN3O. The molecule has 2 rings (SSSR count). The maximum atomic E-state index is 5.26. The fourth-order valence-corrected chi connectivity index (χ4v) is 3.15. The van der Waals surface area contributed by atoms with Gasteiger partial charge < -0.3 is 9.64 Å². The standard InChI is InChI=1S/C15H24BrN3O/c1-15(2,3)11-6-5-8-19(9-7-11)14-17-10-12(16)13(18-14)20-4/h10-11H,5-9H2,1-4H3. The Labute approximate surface area is 130 Å². The van der Waals surface area contributed by atoms with Crippen LogP contribution in [0.25, 0.3) is 0 Å². The number of ether oxygens (including phenoxy) is 1. The molecule has 1 aliphatic rings. The van der Waals surface area contributed by atoms with Gasteiger partial charge in [0.05, 0.1) is 17.8 Å². The lowest BCUT2D eigenvalue weighted by atomic mass is 9.77. The lowest BCUT2D eigenvalue weighted by Crippen LogP contribution is -2.27. The number of methoxy groups -OCH3 is 1. The van der Waals surface area contributed by atoms with E-state index >= 15 is 0 Å². The van der Waals surface area contributed by atoms with Gasteiger partial charge in [0.2, 0.25) is 11.8 Å². The maximum absolute atomic E-state index is 5.26. The maximum Gasteiger partial charge on any atom is 0.232 e. The summed E-state index contributed by atoms with van der Waals surface area (Å²) in [6, 6.07) is 0. The lowest BCUT2D eigenvalue weighted by Gasteiger charge is -2.29. The molecule has 1 fully saturated rings. The fraction of sp³-hybridized carbons (Fsp3) is 0.733. The van der Waals surface area contributed by atoms with E-state index in [1.807, 2.05) is 0 Å². The van der Waals surface area contributed by atoms with Crippen molar-refractivity contribution in [2.45, 2.75) is 40.0 Å². The monoisotopic (exact) mass is 341 g/mol. The molecule has 0 saturated carbocycles. The van der Waals surface area contributed by atoms with E-state index < -0.39 is 0 Å². The van der Waals surface area contributed by atoms with Crippen molar-refractivity contribution >= 4 is 21.9 Å². The average Bonchev–Trinajstić information content (AvgIpc) is 2.64.